The van der Waals surface area contributed by atoms with E-state index in [0.29, 0.717) is 24.9 Å². The van der Waals surface area contributed by atoms with Gasteiger partial charge in [0, 0.05) is 19.8 Å². The normalized spacial score (nSPS) is 14.4. The van der Waals surface area contributed by atoms with Crippen LogP contribution in [-0.4, -0.2) is 37.4 Å². The van der Waals surface area contributed by atoms with Crippen LogP contribution in [0.1, 0.15) is 26.0 Å². The largest absolute Gasteiger partial charge is 0.466 e. The predicted molar refractivity (Wildman–Crippen MR) is 89.3 cm³/mol. The van der Waals surface area contributed by atoms with Gasteiger partial charge in [-0.3, -0.25) is 0 Å². The number of nitrogens with one attached hydrogen (secondary N) is 1. The molecule has 0 aromatic carbocycles. The number of hydrogen-bond donors (Lipinski definition) is 3. The van der Waals surface area contributed by atoms with Crippen LogP contribution in [0.2, 0.25) is 0 Å². The minimum atomic E-state index is -1.15. The van der Waals surface area contributed by atoms with E-state index < -0.39 is 5.60 Å². The summed E-state index contributed by atoms with van der Waals surface area (Å²) in [5.41, 5.74) is 4.55. The van der Waals surface area contributed by atoms with Gasteiger partial charge >= 0.3 is 0 Å². The van der Waals surface area contributed by atoms with Crippen molar-refractivity contribution in [2.24, 2.45) is 10.7 Å². The third-order valence-corrected chi connectivity index (χ3v) is 2.58. The number of rotatable bonds is 8. The summed E-state index contributed by atoms with van der Waals surface area (Å²) >= 11 is 0. The first-order valence-corrected chi connectivity index (χ1v) is 6.44. The smallest absolute Gasteiger partial charge is 0.188 e. The number of aliphatic imine (C=N–C) groups is 1. The summed E-state index contributed by atoms with van der Waals surface area (Å²) in [4.78, 5) is 4.10. The molecule has 0 saturated heterocycles. The van der Waals surface area contributed by atoms with E-state index in [1.54, 1.807) is 19.1 Å². The second-order valence-electron chi connectivity index (χ2n) is 4.43. The fourth-order valence-corrected chi connectivity index (χ4v) is 1.49. The average Bonchev–Trinajstić information content (AvgIpc) is 2.91. The van der Waals surface area contributed by atoms with Crippen LogP contribution in [0.15, 0.2) is 27.8 Å². The summed E-state index contributed by atoms with van der Waals surface area (Å²) in [5.74, 6) is 0.781. The van der Waals surface area contributed by atoms with Crippen molar-refractivity contribution in [1.82, 2.24) is 5.32 Å². The number of aliphatic hydroxyl groups is 1. The maximum absolute atomic E-state index is 10.2. The summed E-state index contributed by atoms with van der Waals surface area (Å²) in [6.07, 6.45) is 2.38. The molecule has 0 spiro atoms. The molecule has 20 heavy (non-hydrogen) atoms. The summed E-state index contributed by atoms with van der Waals surface area (Å²) in [5, 5.41) is 13.1. The zero-order valence-electron chi connectivity index (χ0n) is 12.0. The average molecular weight is 397 g/mol. The number of nitrogens with two attached hydrogens (primary N) is 1. The van der Waals surface area contributed by atoms with Crippen LogP contribution >= 0.6 is 24.0 Å². The molecule has 1 aromatic heterocycles. The number of guanidine groups is 1. The topological polar surface area (TPSA) is 93.0 Å². The van der Waals surface area contributed by atoms with Crippen LogP contribution in [0.5, 0.6) is 0 Å². The van der Waals surface area contributed by atoms with Crippen molar-refractivity contribution in [2.75, 3.05) is 26.3 Å². The third kappa shape index (κ3) is 7.11. The van der Waals surface area contributed by atoms with Crippen molar-refractivity contribution in [2.45, 2.75) is 25.9 Å². The van der Waals surface area contributed by atoms with Gasteiger partial charge < -0.3 is 25.3 Å². The highest BCUT2D eigenvalue weighted by atomic mass is 127. The summed E-state index contributed by atoms with van der Waals surface area (Å²) < 4.78 is 10.4. The number of furan rings is 1. The molecule has 1 unspecified atom stereocenters. The molecule has 1 rings (SSSR count). The van der Waals surface area contributed by atoms with Gasteiger partial charge in [-0.15, -0.1) is 24.0 Å². The van der Waals surface area contributed by atoms with Gasteiger partial charge in [0.2, 0.25) is 0 Å². The lowest BCUT2D eigenvalue weighted by Gasteiger charge is -2.18. The fourth-order valence-electron chi connectivity index (χ4n) is 1.49. The second kappa shape index (κ2) is 10.0. The second-order valence-corrected chi connectivity index (χ2v) is 4.43. The number of hydrogen-bond acceptors (Lipinski definition) is 4. The fraction of sp³-hybridized carbons (Fsp3) is 0.615. The van der Waals surface area contributed by atoms with Gasteiger partial charge in [-0.25, -0.2) is 4.99 Å². The van der Waals surface area contributed by atoms with Gasteiger partial charge in [0.15, 0.2) is 5.96 Å². The molecule has 0 aliphatic rings. The lowest BCUT2D eigenvalue weighted by atomic mass is 10.0. The Bertz CT molecular complexity index is 380. The molecule has 6 nitrogen and oxygen atoms in total. The van der Waals surface area contributed by atoms with Crippen LogP contribution in [0.4, 0.5) is 0 Å². The Morgan fingerprint density at radius 1 is 1.60 bits per heavy atom. The molecule has 0 radical (unpaired) electrons. The van der Waals surface area contributed by atoms with E-state index in [1.165, 1.54) is 6.26 Å². The molecule has 116 valence electrons. The van der Waals surface area contributed by atoms with E-state index in [1.807, 2.05) is 6.92 Å². The van der Waals surface area contributed by atoms with E-state index in [4.69, 9.17) is 14.9 Å². The summed E-state index contributed by atoms with van der Waals surface area (Å²) in [6.45, 7) is 5.84. The Labute approximate surface area is 136 Å². The SMILES string of the molecule is CCOCCCNC(N)=NCC(C)(O)c1ccco1.I. The molecule has 1 atom stereocenters. The minimum absolute atomic E-state index is 0. The van der Waals surface area contributed by atoms with Crippen LogP contribution in [0.3, 0.4) is 0 Å². The van der Waals surface area contributed by atoms with Gasteiger partial charge in [0.25, 0.3) is 0 Å². The van der Waals surface area contributed by atoms with Crippen molar-refractivity contribution in [1.29, 1.82) is 0 Å². The first-order valence-electron chi connectivity index (χ1n) is 6.44. The lowest BCUT2D eigenvalue weighted by Crippen LogP contribution is -2.35. The molecule has 1 heterocycles. The maximum Gasteiger partial charge on any atom is 0.188 e. The highest BCUT2D eigenvalue weighted by Crippen LogP contribution is 2.20. The van der Waals surface area contributed by atoms with Crippen molar-refractivity contribution in [3.05, 3.63) is 24.2 Å². The van der Waals surface area contributed by atoms with Gasteiger partial charge in [-0.2, -0.15) is 0 Å². The van der Waals surface area contributed by atoms with Crippen LogP contribution < -0.4 is 11.1 Å². The highest BCUT2D eigenvalue weighted by molar-refractivity contribution is 14.0. The highest BCUT2D eigenvalue weighted by Gasteiger charge is 2.25. The van der Waals surface area contributed by atoms with Gasteiger partial charge in [-0.05, 0) is 32.4 Å². The predicted octanol–water partition coefficient (Wildman–Crippen LogP) is 1.44. The van der Waals surface area contributed by atoms with Gasteiger partial charge in [0.1, 0.15) is 11.4 Å². The van der Waals surface area contributed by atoms with E-state index in [0.717, 1.165) is 13.0 Å². The molecule has 0 fully saturated rings. The molecule has 0 aliphatic heterocycles. The molecule has 1 aromatic rings. The Morgan fingerprint density at radius 3 is 2.95 bits per heavy atom. The number of ether oxygens (including phenoxy) is 1. The zero-order chi connectivity index (χ0) is 14.1. The molecule has 7 heteroatoms. The molecule has 0 aliphatic carbocycles. The minimum Gasteiger partial charge on any atom is -0.466 e. The monoisotopic (exact) mass is 397 g/mol. The molecular formula is C13H24IN3O3. The molecule has 0 bridgehead atoms. The van der Waals surface area contributed by atoms with Crippen molar-refractivity contribution in [3.63, 3.8) is 0 Å². The standard InChI is InChI=1S/C13H23N3O3.HI/c1-3-18-8-5-7-15-12(14)16-10-13(2,17)11-6-4-9-19-11;/h4,6,9,17H,3,5,7-8,10H2,1-2H3,(H3,14,15,16);1H. The van der Waals surface area contributed by atoms with E-state index in [-0.39, 0.29) is 30.5 Å². The zero-order valence-corrected chi connectivity index (χ0v) is 14.3. The van der Waals surface area contributed by atoms with Gasteiger partial charge in [0.05, 0.1) is 12.8 Å². The van der Waals surface area contributed by atoms with Crippen molar-refractivity contribution < 1.29 is 14.3 Å². The van der Waals surface area contributed by atoms with E-state index in [2.05, 4.69) is 10.3 Å². The van der Waals surface area contributed by atoms with Crippen LogP contribution in [0.25, 0.3) is 0 Å². The molecular weight excluding hydrogens is 373 g/mol. The molecule has 4 N–H and O–H groups in total. The Balaban J connectivity index is 0.00000361. The number of halogens is 1. The Kier molecular flexibility index (Phi) is 9.60. The third-order valence-electron chi connectivity index (χ3n) is 2.58. The van der Waals surface area contributed by atoms with Crippen LogP contribution in [-0.2, 0) is 10.3 Å². The first kappa shape index (κ1) is 19.2. The van der Waals surface area contributed by atoms with E-state index >= 15 is 0 Å². The Hall–Kier alpha value is -0.800. The Morgan fingerprint density at radius 2 is 2.35 bits per heavy atom. The first-order chi connectivity index (χ1) is 9.06. The lowest BCUT2D eigenvalue weighted by molar-refractivity contribution is 0.0437. The maximum atomic E-state index is 10.2. The summed E-state index contributed by atoms with van der Waals surface area (Å²) in [6, 6.07) is 3.43. The van der Waals surface area contributed by atoms with Gasteiger partial charge in [-0.1, -0.05) is 0 Å². The molecule has 0 amide bonds. The van der Waals surface area contributed by atoms with E-state index in [9.17, 15) is 5.11 Å². The molecule has 0 saturated carbocycles. The van der Waals surface area contributed by atoms with Crippen LogP contribution in [0, 0.1) is 0 Å². The number of nitrogens with zero attached hydrogens (tertiary/aromatic N) is 1. The quantitative estimate of drug-likeness (QED) is 0.267. The summed E-state index contributed by atoms with van der Waals surface area (Å²) in [7, 11) is 0. The van der Waals surface area contributed by atoms with Crippen molar-refractivity contribution >= 4 is 29.9 Å². The van der Waals surface area contributed by atoms with Crippen molar-refractivity contribution in [3.8, 4) is 0 Å².